The van der Waals surface area contributed by atoms with E-state index in [1.807, 2.05) is 19.1 Å². The number of hydrogen-bond acceptors (Lipinski definition) is 7. The van der Waals surface area contributed by atoms with Gasteiger partial charge in [-0.2, -0.15) is 9.61 Å². The van der Waals surface area contributed by atoms with Gasteiger partial charge in [-0.05, 0) is 70.4 Å². The summed E-state index contributed by atoms with van der Waals surface area (Å²) in [4.78, 5) is 36.0. The molecule has 196 valence electrons. The van der Waals surface area contributed by atoms with Crippen molar-refractivity contribution in [1.29, 1.82) is 0 Å². The van der Waals surface area contributed by atoms with E-state index in [1.165, 1.54) is 30.5 Å². The van der Waals surface area contributed by atoms with E-state index in [-0.39, 0.29) is 35.4 Å². The topological polar surface area (TPSA) is 127 Å². The molecule has 1 amide bonds. The number of anilines is 1. The summed E-state index contributed by atoms with van der Waals surface area (Å²) in [5.41, 5.74) is 10.7. The molecular formula is C28H29FN6O3. The SMILES string of the molecule is CC(=O)c1c(CC[C@@H]2CC(C)N2C(=O)[C@@H](C)O)nc2c(-c3ccc(-c4ccc(F)cc4)nc3)cnn2c1N. The molecule has 0 aliphatic carbocycles. The van der Waals surface area contributed by atoms with Crippen LogP contribution >= 0.6 is 0 Å². The van der Waals surface area contributed by atoms with Gasteiger partial charge < -0.3 is 15.7 Å². The molecule has 4 aromatic rings. The lowest BCUT2D eigenvalue weighted by molar-refractivity contribution is -0.152. The zero-order valence-electron chi connectivity index (χ0n) is 21.4. The van der Waals surface area contributed by atoms with Crippen molar-refractivity contribution in [3.63, 3.8) is 0 Å². The van der Waals surface area contributed by atoms with Crippen LogP contribution in [0.25, 0.3) is 28.0 Å². The number of ketones is 1. The highest BCUT2D eigenvalue weighted by molar-refractivity contribution is 6.00. The second kappa shape index (κ2) is 9.94. The van der Waals surface area contributed by atoms with Crippen LogP contribution in [-0.4, -0.2) is 59.5 Å². The molecule has 38 heavy (non-hydrogen) atoms. The number of hydrogen-bond donors (Lipinski definition) is 2. The van der Waals surface area contributed by atoms with E-state index in [9.17, 15) is 19.1 Å². The van der Waals surface area contributed by atoms with Gasteiger partial charge in [0.25, 0.3) is 5.91 Å². The summed E-state index contributed by atoms with van der Waals surface area (Å²) in [6, 6.07) is 9.86. The highest BCUT2D eigenvalue weighted by Gasteiger charge is 2.39. The summed E-state index contributed by atoms with van der Waals surface area (Å²) in [5.74, 6) is -0.611. The first-order valence-electron chi connectivity index (χ1n) is 12.5. The van der Waals surface area contributed by atoms with Crippen molar-refractivity contribution < 1.29 is 19.1 Å². The van der Waals surface area contributed by atoms with Gasteiger partial charge in [-0.25, -0.2) is 9.37 Å². The van der Waals surface area contributed by atoms with Crippen LogP contribution < -0.4 is 5.73 Å². The van der Waals surface area contributed by atoms with Gasteiger partial charge in [-0.3, -0.25) is 14.6 Å². The Morgan fingerprint density at radius 3 is 2.47 bits per heavy atom. The monoisotopic (exact) mass is 516 g/mol. The molecule has 9 nitrogen and oxygen atoms in total. The predicted molar refractivity (Wildman–Crippen MR) is 141 cm³/mol. The number of nitrogens with zero attached hydrogens (tertiary/aromatic N) is 5. The summed E-state index contributed by atoms with van der Waals surface area (Å²) < 4.78 is 14.7. The third kappa shape index (κ3) is 4.51. The van der Waals surface area contributed by atoms with Crippen molar-refractivity contribution >= 4 is 23.2 Å². The summed E-state index contributed by atoms with van der Waals surface area (Å²) >= 11 is 0. The zero-order valence-corrected chi connectivity index (χ0v) is 21.4. The van der Waals surface area contributed by atoms with Gasteiger partial charge in [0.15, 0.2) is 11.4 Å². The molecule has 0 bridgehead atoms. The normalized spacial score (nSPS) is 17.9. The number of pyridine rings is 1. The highest BCUT2D eigenvalue weighted by Crippen LogP contribution is 2.32. The first-order chi connectivity index (χ1) is 18.2. The average molecular weight is 517 g/mol. The van der Waals surface area contributed by atoms with Crippen LogP contribution in [0.15, 0.2) is 48.8 Å². The van der Waals surface area contributed by atoms with E-state index < -0.39 is 6.10 Å². The van der Waals surface area contributed by atoms with Gasteiger partial charge in [0.05, 0.1) is 23.1 Å². The number of nitrogen functional groups attached to an aromatic ring is 1. The fourth-order valence-electron chi connectivity index (χ4n) is 5.19. The van der Waals surface area contributed by atoms with Gasteiger partial charge in [-0.1, -0.05) is 6.07 Å². The average Bonchev–Trinajstić information content (AvgIpc) is 3.31. The summed E-state index contributed by atoms with van der Waals surface area (Å²) in [6.07, 6.45) is 4.11. The molecule has 3 N–H and O–H groups in total. The number of aliphatic hydroxyl groups excluding tert-OH is 1. The number of fused-ring (bicyclic) bond motifs is 1. The second-order valence-corrected chi connectivity index (χ2v) is 9.81. The van der Waals surface area contributed by atoms with E-state index in [1.54, 1.807) is 29.4 Å². The minimum atomic E-state index is -1.06. The molecule has 4 heterocycles. The first-order valence-corrected chi connectivity index (χ1v) is 12.5. The minimum absolute atomic E-state index is 0.0428. The van der Waals surface area contributed by atoms with Crippen molar-refractivity contribution in [3.05, 3.63) is 65.9 Å². The molecule has 5 rings (SSSR count). The molecule has 0 radical (unpaired) electrons. The Kier molecular flexibility index (Phi) is 6.66. The Morgan fingerprint density at radius 1 is 1.16 bits per heavy atom. The highest BCUT2D eigenvalue weighted by atomic mass is 19.1. The molecule has 1 fully saturated rings. The number of aromatic nitrogens is 4. The number of rotatable bonds is 7. The van der Waals surface area contributed by atoms with Crippen LogP contribution in [0, 0.1) is 5.82 Å². The van der Waals surface area contributed by atoms with Crippen LogP contribution in [0.5, 0.6) is 0 Å². The predicted octanol–water partition coefficient (Wildman–Crippen LogP) is 3.69. The van der Waals surface area contributed by atoms with Gasteiger partial charge >= 0.3 is 0 Å². The van der Waals surface area contributed by atoms with Gasteiger partial charge in [0.1, 0.15) is 17.7 Å². The van der Waals surface area contributed by atoms with Crippen molar-refractivity contribution in [3.8, 4) is 22.4 Å². The smallest absolute Gasteiger partial charge is 0.251 e. The van der Waals surface area contributed by atoms with E-state index >= 15 is 0 Å². The fraction of sp³-hybridized carbons (Fsp3) is 0.321. The van der Waals surface area contributed by atoms with Gasteiger partial charge in [0.2, 0.25) is 0 Å². The molecule has 0 saturated carbocycles. The molecule has 1 aliphatic heterocycles. The number of likely N-dealkylation sites (tertiary alicyclic amines) is 1. The molecular weight excluding hydrogens is 487 g/mol. The second-order valence-electron chi connectivity index (χ2n) is 9.81. The Morgan fingerprint density at radius 2 is 1.87 bits per heavy atom. The number of amides is 1. The number of carbonyl (C=O) groups excluding carboxylic acids is 2. The number of aryl methyl sites for hydroxylation is 1. The molecule has 1 saturated heterocycles. The number of benzene rings is 1. The largest absolute Gasteiger partial charge is 0.384 e. The maximum atomic E-state index is 13.3. The Balaban J connectivity index is 1.46. The summed E-state index contributed by atoms with van der Waals surface area (Å²) in [5, 5.41) is 14.1. The number of carbonyl (C=O) groups is 2. The lowest BCUT2D eigenvalue weighted by Crippen LogP contribution is -2.59. The van der Waals surface area contributed by atoms with Crippen LogP contribution in [0.2, 0.25) is 0 Å². The standard InChI is InChI=1S/C28H29FN6O3/c1-15-12-21(34(15)28(38)17(3)37)9-11-24-25(16(2)36)26(30)35-27(33-24)22(14-32-35)19-6-10-23(31-13-19)18-4-7-20(29)8-5-18/h4-8,10,13-15,17,21,37H,9,11-12,30H2,1-3H3/t15?,17-,21-/m1/s1. The quantitative estimate of drug-likeness (QED) is 0.359. The lowest BCUT2D eigenvalue weighted by Gasteiger charge is -2.48. The minimum Gasteiger partial charge on any atom is -0.384 e. The van der Waals surface area contributed by atoms with Crippen LogP contribution in [0.4, 0.5) is 10.2 Å². The number of nitrogens with two attached hydrogens (primary N) is 1. The maximum Gasteiger partial charge on any atom is 0.251 e. The molecule has 1 aliphatic rings. The number of halogens is 1. The third-order valence-electron chi connectivity index (χ3n) is 7.13. The Labute approximate surface area is 219 Å². The molecule has 3 atom stereocenters. The van der Waals surface area contributed by atoms with E-state index in [0.717, 1.165) is 17.5 Å². The van der Waals surface area contributed by atoms with E-state index in [0.29, 0.717) is 41.0 Å². The van der Waals surface area contributed by atoms with Crippen LogP contribution in [0.3, 0.4) is 0 Å². The van der Waals surface area contributed by atoms with Crippen molar-refractivity contribution in [2.45, 2.75) is 58.2 Å². The summed E-state index contributed by atoms with van der Waals surface area (Å²) in [7, 11) is 0. The molecule has 1 aromatic carbocycles. The van der Waals surface area contributed by atoms with Crippen LogP contribution in [-0.2, 0) is 11.2 Å². The maximum absolute atomic E-state index is 13.3. The number of aliphatic hydroxyl groups is 1. The lowest BCUT2D eigenvalue weighted by atomic mass is 9.88. The number of Topliss-reactive ketones (excluding diaryl/α,β-unsaturated/α-hetero) is 1. The van der Waals surface area contributed by atoms with Gasteiger partial charge in [0, 0.05) is 35.0 Å². The van der Waals surface area contributed by atoms with Crippen molar-refractivity contribution in [2.24, 2.45) is 0 Å². The van der Waals surface area contributed by atoms with Crippen LogP contribution in [0.1, 0.15) is 49.7 Å². The zero-order chi connectivity index (χ0) is 27.1. The molecule has 0 spiro atoms. The fourth-order valence-corrected chi connectivity index (χ4v) is 5.19. The van der Waals surface area contributed by atoms with E-state index in [2.05, 4.69) is 10.1 Å². The Hall–Kier alpha value is -4.18. The van der Waals surface area contributed by atoms with Crippen molar-refractivity contribution in [1.82, 2.24) is 24.5 Å². The molecule has 1 unspecified atom stereocenters. The third-order valence-corrected chi connectivity index (χ3v) is 7.13. The molecule has 10 heteroatoms. The summed E-state index contributed by atoms with van der Waals surface area (Å²) in [6.45, 7) is 4.87. The van der Waals surface area contributed by atoms with Gasteiger partial charge in [-0.15, -0.1) is 0 Å². The van der Waals surface area contributed by atoms with E-state index in [4.69, 9.17) is 10.7 Å². The Bertz CT molecular complexity index is 1510. The van der Waals surface area contributed by atoms with Crippen molar-refractivity contribution in [2.75, 3.05) is 5.73 Å². The first kappa shape index (κ1) is 25.5. The molecule has 3 aromatic heterocycles.